The lowest BCUT2D eigenvalue weighted by molar-refractivity contribution is 0.144. The number of piperazine rings is 1. The zero-order chi connectivity index (χ0) is 17.5. The third kappa shape index (κ3) is 5.80. The Morgan fingerprint density at radius 2 is 1.67 bits per heavy atom. The lowest BCUT2D eigenvalue weighted by atomic mass is 9.94. The maximum Gasteiger partial charge on any atom is 0.315 e. The van der Waals surface area contributed by atoms with Gasteiger partial charge in [-0.1, -0.05) is 37.3 Å². The summed E-state index contributed by atoms with van der Waals surface area (Å²) in [4.78, 5) is 17.0. The molecule has 0 spiro atoms. The van der Waals surface area contributed by atoms with E-state index in [1.54, 1.807) is 0 Å². The first-order chi connectivity index (χ1) is 11.5. The van der Waals surface area contributed by atoms with Crippen molar-refractivity contribution in [2.75, 3.05) is 39.8 Å². The van der Waals surface area contributed by atoms with Gasteiger partial charge in [-0.2, -0.15) is 0 Å². The summed E-state index contributed by atoms with van der Waals surface area (Å²) in [5.41, 5.74) is 1.25. The number of likely N-dealkylation sites (N-methyl/N-ethyl adjacent to an activating group) is 1. The van der Waals surface area contributed by atoms with Crippen LogP contribution in [0.25, 0.3) is 0 Å². The Labute approximate surface area is 146 Å². The smallest absolute Gasteiger partial charge is 0.315 e. The summed E-state index contributed by atoms with van der Waals surface area (Å²) in [5, 5.41) is 6.15. The van der Waals surface area contributed by atoms with Crippen molar-refractivity contribution in [1.29, 1.82) is 0 Å². The van der Waals surface area contributed by atoms with Crippen LogP contribution in [0.4, 0.5) is 4.79 Å². The highest BCUT2D eigenvalue weighted by molar-refractivity contribution is 5.74. The van der Waals surface area contributed by atoms with Crippen LogP contribution in [-0.2, 0) is 0 Å². The number of rotatable bonds is 6. The zero-order valence-corrected chi connectivity index (χ0v) is 15.5. The monoisotopic (exact) mass is 332 g/mol. The molecule has 24 heavy (non-hydrogen) atoms. The molecule has 1 aliphatic heterocycles. The molecule has 1 aromatic rings. The summed E-state index contributed by atoms with van der Waals surface area (Å²) in [5.74, 6) is 0.282. The third-order valence-corrected chi connectivity index (χ3v) is 4.94. The van der Waals surface area contributed by atoms with Gasteiger partial charge in [-0.25, -0.2) is 4.79 Å². The second kappa shape index (κ2) is 9.04. The predicted molar refractivity (Wildman–Crippen MR) is 99.4 cm³/mol. The number of amides is 2. The molecule has 1 fully saturated rings. The summed E-state index contributed by atoms with van der Waals surface area (Å²) >= 11 is 0. The number of carbonyl (C=O) groups is 1. The molecule has 2 rings (SSSR count). The average molecular weight is 332 g/mol. The van der Waals surface area contributed by atoms with Crippen molar-refractivity contribution < 1.29 is 4.79 Å². The fourth-order valence-electron chi connectivity index (χ4n) is 3.11. The highest BCUT2D eigenvalue weighted by atomic mass is 16.2. The summed E-state index contributed by atoms with van der Waals surface area (Å²) in [6.45, 7) is 11.5. The van der Waals surface area contributed by atoms with E-state index >= 15 is 0 Å². The lowest BCUT2D eigenvalue weighted by Crippen LogP contribution is -2.52. The number of hydrogen-bond acceptors (Lipinski definition) is 3. The van der Waals surface area contributed by atoms with Gasteiger partial charge >= 0.3 is 6.03 Å². The van der Waals surface area contributed by atoms with Crippen molar-refractivity contribution in [3.05, 3.63) is 35.9 Å². The maximum atomic E-state index is 12.2. The van der Waals surface area contributed by atoms with Gasteiger partial charge in [0.2, 0.25) is 0 Å². The minimum absolute atomic E-state index is 0.0769. The number of nitrogens with zero attached hydrogens (tertiary/aromatic N) is 2. The van der Waals surface area contributed by atoms with Crippen molar-refractivity contribution in [3.63, 3.8) is 0 Å². The minimum Gasteiger partial charge on any atom is -0.335 e. The maximum absolute atomic E-state index is 12.2. The van der Waals surface area contributed by atoms with Crippen LogP contribution in [-0.4, -0.2) is 67.7 Å². The molecule has 0 aromatic heterocycles. The number of benzene rings is 1. The van der Waals surface area contributed by atoms with Gasteiger partial charge in [-0.3, -0.25) is 4.90 Å². The highest BCUT2D eigenvalue weighted by Gasteiger charge is 2.19. The van der Waals surface area contributed by atoms with Crippen molar-refractivity contribution >= 4 is 6.03 Å². The predicted octanol–water partition coefficient (Wildman–Crippen LogP) is 2.11. The van der Waals surface area contributed by atoms with E-state index in [4.69, 9.17) is 0 Å². The Morgan fingerprint density at radius 1 is 1.04 bits per heavy atom. The quantitative estimate of drug-likeness (QED) is 0.839. The summed E-state index contributed by atoms with van der Waals surface area (Å²) in [7, 11) is 2.15. The van der Waals surface area contributed by atoms with Crippen LogP contribution < -0.4 is 10.6 Å². The van der Waals surface area contributed by atoms with Crippen LogP contribution in [0.5, 0.6) is 0 Å². The Morgan fingerprint density at radius 3 is 2.29 bits per heavy atom. The summed E-state index contributed by atoms with van der Waals surface area (Å²) < 4.78 is 0. The van der Waals surface area contributed by atoms with E-state index in [0.717, 1.165) is 32.7 Å². The topological polar surface area (TPSA) is 47.6 Å². The van der Waals surface area contributed by atoms with Gasteiger partial charge in [-0.15, -0.1) is 0 Å². The molecule has 3 atom stereocenters. The lowest BCUT2D eigenvalue weighted by Gasteiger charge is -2.34. The molecule has 134 valence electrons. The van der Waals surface area contributed by atoms with Gasteiger partial charge in [0.05, 0.1) is 0 Å². The van der Waals surface area contributed by atoms with Gasteiger partial charge in [0.15, 0.2) is 0 Å². The van der Waals surface area contributed by atoms with Crippen LogP contribution in [0.1, 0.15) is 32.3 Å². The van der Waals surface area contributed by atoms with Gasteiger partial charge in [0.1, 0.15) is 0 Å². The van der Waals surface area contributed by atoms with Gasteiger partial charge < -0.3 is 15.5 Å². The highest BCUT2D eigenvalue weighted by Crippen LogP contribution is 2.18. The average Bonchev–Trinajstić information content (AvgIpc) is 2.56. The van der Waals surface area contributed by atoms with Gasteiger partial charge in [-0.05, 0) is 26.5 Å². The van der Waals surface area contributed by atoms with Crippen molar-refractivity contribution in [2.24, 2.45) is 0 Å². The largest absolute Gasteiger partial charge is 0.335 e. The van der Waals surface area contributed by atoms with Crippen LogP contribution >= 0.6 is 0 Å². The number of urea groups is 1. The molecule has 0 radical (unpaired) electrons. The second-order valence-corrected chi connectivity index (χ2v) is 7.11. The molecule has 2 amide bonds. The summed E-state index contributed by atoms with van der Waals surface area (Å²) in [6.07, 6.45) is 0. The molecule has 1 aliphatic rings. The molecule has 5 heteroatoms. The number of carbonyl (C=O) groups excluding carboxylic acids is 1. The van der Waals surface area contributed by atoms with Gasteiger partial charge in [0, 0.05) is 50.7 Å². The fourth-order valence-corrected chi connectivity index (χ4v) is 3.11. The number of nitrogens with one attached hydrogen (secondary N) is 2. The zero-order valence-electron chi connectivity index (χ0n) is 15.5. The second-order valence-electron chi connectivity index (χ2n) is 7.11. The van der Waals surface area contributed by atoms with E-state index in [2.05, 4.69) is 60.4 Å². The molecule has 0 bridgehead atoms. The van der Waals surface area contributed by atoms with Crippen molar-refractivity contribution in [1.82, 2.24) is 20.4 Å². The van der Waals surface area contributed by atoms with E-state index < -0.39 is 0 Å². The molecule has 1 aromatic carbocycles. The first-order valence-electron chi connectivity index (χ1n) is 8.98. The first kappa shape index (κ1) is 18.7. The van der Waals surface area contributed by atoms with Crippen LogP contribution in [0.3, 0.4) is 0 Å². The van der Waals surface area contributed by atoms with Crippen molar-refractivity contribution in [2.45, 2.75) is 38.8 Å². The normalized spacial score (nSPS) is 20.2. The molecule has 1 heterocycles. The fraction of sp³-hybridized carbons (Fsp3) is 0.632. The van der Waals surface area contributed by atoms with E-state index in [1.807, 2.05) is 18.2 Å². The Balaban J connectivity index is 1.73. The van der Waals surface area contributed by atoms with Gasteiger partial charge in [0.25, 0.3) is 0 Å². The van der Waals surface area contributed by atoms with Crippen LogP contribution in [0.15, 0.2) is 30.3 Å². The van der Waals surface area contributed by atoms with Crippen molar-refractivity contribution in [3.8, 4) is 0 Å². The first-order valence-corrected chi connectivity index (χ1v) is 8.98. The molecular weight excluding hydrogens is 300 g/mol. The Bertz CT molecular complexity index is 499. The number of hydrogen-bond donors (Lipinski definition) is 2. The SMILES string of the molecule is C[C@H](CN1CCN(C)CC1)NC(=O)N[C@@H](C)[C@@H](C)c1ccccc1. The standard InChI is InChI=1S/C19H32N4O/c1-15(14-23-12-10-22(4)11-13-23)20-19(24)21-17(3)16(2)18-8-6-5-7-9-18/h5-9,15-17H,10-14H2,1-4H3,(H2,20,21,24)/t15-,16-,17+/m1/s1. The van der Waals surface area contributed by atoms with E-state index in [1.165, 1.54) is 5.56 Å². The van der Waals surface area contributed by atoms with E-state index in [0.29, 0.717) is 0 Å². The molecular formula is C19H32N4O. The van der Waals surface area contributed by atoms with Crippen LogP contribution in [0, 0.1) is 0 Å². The molecule has 1 saturated heterocycles. The summed E-state index contributed by atoms with van der Waals surface area (Å²) in [6, 6.07) is 10.5. The molecule has 0 unspecified atom stereocenters. The molecule has 0 aliphatic carbocycles. The minimum atomic E-state index is -0.0769. The Hall–Kier alpha value is -1.59. The molecule has 5 nitrogen and oxygen atoms in total. The van der Waals surface area contributed by atoms with E-state index in [9.17, 15) is 4.79 Å². The molecule has 2 N–H and O–H groups in total. The van der Waals surface area contributed by atoms with E-state index in [-0.39, 0.29) is 24.0 Å². The Kier molecular flexibility index (Phi) is 7.06. The molecule has 0 saturated carbocycles. The van der Waals surface area contributed by atoms with Crippen LogP contribution in [0.2, 0.25) is 0 Å². The third-order valence-electron chi connectivity index (χ3n) is 4.94.